The van der Waals surface area contributed by atoms with Crippen molar-refractivity contribution in [2.75, 3.05) is 5.73 Å². The van der Waals surface area contributed by atoms with Gasteiger partial charge in [0.2, 0.25) is 0 Å². The maximum absolute atomic E-state index is 11.7. The molecule has 9 heteroatoms. The zero-order valence-corrected chi connectivity index (χ0v) is 14.7. The molecule has 0 bridgehead atoms. The van der Waals surface area contributed by atoms with E-state index in [0.29, 0.717) is 10.4 Å². The highest BCUT2D eigenvalue weighted by atomic mass is 35.5. The summed E-state index contributed by atoms with van der Waals surface area (Å²) < 4.78 is 32.9. The second kappa shape index (κ2) is 6.72. The molecule has 3 rings (SSSR count). The molecule has 0 radical (unpaired) electrons. The van der Waals surface area contributed by atoms with E-state index in [9.17, 15) is 13.0 Å². The molecule has 0 amide bonds. The zero-order chi connectivity index (χ0) is 18.9. The number of nitriles is 1. The lowest BCUT2D eigenvalue weighted by molar-refractivity contribution is 0.484. The summed E-state index contributed by atoms with van der Waals surface area (Å²) in [6, 6.07) is 14.0. The lowest BCUT2D eigenvalue weighted by Gasteiger charge is -2.09. The first-order chi connectivity index (χ1) is 12.3. The van der Waals surface area contributed by atoms with Gasteiger partial charge in [0.15, 0.2) is 0 Å². The Kier molecular flexibility index (Phi) is 4.61. The maximum Gasteiger partial charge on any atom is 0.295 e. The van der Waals surface area contributed by atoms with Crippen molar-refractivity contribution in [3.05, 3.63) is 59.1 Å². The van der Waals surface area contributed by atoms with Crippen molar-refractivity contribution < 1.29 is 13.0 Å². The minimum atomic E-state index is -4.50. The smallest absolute Gasteiger partial charge is 0.295 e. The average molecular weight is 387 g/mol. The van der Waals surface area contributed by atoms with Crippen molar-refractivity contribution in [1.82, 2.24) is 0 Å². The van der Waals surface area contributed by atoms with E-state index < -0.39 is 10.1 Å². The molecule has 7 nitrogen and oxygen atoms in total. The standard InChI is InChI=1S/C17H11ClN4O3S/c18-11-5-6-14(10(7-11)9-19)21-22-15-8-16(26(23,24)25)12-3-1-2-4-13(12)17(15)20/h1-8H,20H2,(H,23,24,25)/b22-21+. The van der Waals surface area contributed by atoms with E-state index in [1.807, 2.05) is 6.07 Å². The summed E-state index contributed by atoms with van der Waals surface area (Å²) in [5.74, 6) is 0. The van der Waals surface area contributed by atoms with Gasteiger partial charge in [-0.05, 0) is 24.3 Å². The molecular weight excluding hydrogens is 376 g/mol. The summed E-state index contributed by atoms with van der Waals surface area (Å²) in [4.78, 5) is -0.326. The van der Waals surface area contributed by atoms with Gasteiger partial charge in [-0.2, -0.15) is 13.7 Å². The number of anilines is 1. The molecule has 0 atom stereocenters. The van der Waals surface area contributed by atoms with Gasteiger partial charge in [0, 0.05) is 15.8 Å². The summed E-state index contributed by atoms with van der Waals surface area (Å²) >= 11 is 5.84. The number of azo groups is 1. The topological polar surface area (TPSA) is 129 Å². The molecule has 0 saturated heterocycles. The largest absolute Gasteiger partial charge is 0.396 e. The number of rotatable bonds is 3. The van der Waals surface area contributed by atoms with Crippen LogP contribution < -0.4 is 5.73 Å². The van der Waals surface area contributed by atoms with E-state index >= 15 is 0 Å². The van der Waals surface area contributed by atoms with Crippen molar-refractivity contribution >= 4 is 49.6 Å². The Morgan fingerprint density at radius 1 is 1.04 bits per heavy atom. The van der Waals surface area contributed by atoms with Crippen LogP contribution in [0.2, 0.25) is 5.02 Å². The Morgan fingerprint density at radius 3 is 2.35 bits per heavy atom. The Labute approximate surface area is 154 Å². The molecule has 0 aromatic heterocycles. The summed E-state index contributed by atoms with van der Waals surface area (Å²) in [6.45, 7) is 0. The Balaban J connectivity index is 2.21. The predicted molar refractivity (Wildman–Crippen MR) is 98.5 cm³/mol. The number of nitrogens with two attached hydrogens (primary N) is 1. The van der Waals surface area contributed by atoms with Gasteiger partial charge in [0.1, 0.15) is 22.3 Å². The van der Waals surface area contributed by atoms with Gasteiger partial charge >= 0.3 is 0 Å². The van der Waals surface area contributed by atoms with E-state index in [0.717, 1.165) is 6.07 Å². The molecule has 0 heterocycles. The van der Waals surface area contributed by atoms with Gasteiger partial charge in [-0.1, -0.05) is 35.9 Å². The van der Waals surface area contributed by atoms with Crippen LogP contribution in [0.5, 0.6) is 0 Å². The molecule has 0 spiro atoms. The van der Waals surface area contributed by atoms with Crippen LogP contribution in [0.25, 0.3) is 10.8 Å². The molecule has 0 aliphatic rings. The normalized spacial score (nSPS) is 11.7. The van der Waals surface area contributed by atoms with Crippen LogP contribution in [0.15, 0.2) is 63.7 Å². The molecule has 0 saturated carbocycles. The van der Waals surface area contributed by atoms with E-state index in [4.69, 9.17) is 22.6 Å². The second-order valence-electron chi connectivity index (χ2n) is 5.30. The molecule has 0 unspecified atom stereocenters. The van der Waals surface area contributed by atoms with Crippen LogP contribution in [0, 0.1) is 11.3 Å². The van der Waals surface area contributed by atoms with Gasteiger partial charge in [-0.25, -0.2) is 0 Å². The fraction of sp³-hybridized carbons (Fsp3) is 0. The Morgan fingerprint density at radius 2 is 1.69 bits per heavy atom. The number of halogens is 1. The Bertz CT molecular complexity index is 1200. The van der Waals surface area contributed by atoms with Gasteiger partial charge in [-0.3, -0.25) is 4.55 Å². The molecule has 3 N–H and O–H groups in total. The van der Waals surface area contributed by atoms with E-state index in [-0.39, 0.29) is 32.9 Å². The van der Waals surface area contributed by atoms with E-state index in [1.165, 1.54) is 18.2 Å². The van der Waals surface area contributed by atoms with Crippen LogP contribution in [0.1, 0.15) is 5.56 Å². The summed E-state index contributed by atoms with van der Waals surface area (Å²) in [5, 5.41) is 18.1. The minimum absolute atomic E-state index is 0.0511. The number of hydrogen-bond donors (Lipinski definition) is 2. The minimum Gasteiger partial charge on any atom is -0.396 e. The molecular formula is C17H11ClN4O3S. The predicted octanol–water partition coefficient (Wildman–Crippen LogP) is 4.61. The second-order valence-corrected chi connectivity index (χ2v) is 7.13. The molecule has 0 fully saturated rings. The summed E-state index contributed by atoms with van der Waals surface area (Å²) in [7, 11) is -4.50. The monoisotopic (exact) mass is 386 g/mol. The highest BCUT2D eigenvalue weighted by Crippen LogP contribution is 2.37. The van der Waals surface area contributed by atoms with Crippen molar-refractivity contribution in [3.8, 4) is 6.07 Å². The van der Waals surface area contributed by atoms with Crippen LogP contribution >= 0.6 is 11.6 Å². The quantitative estimate of drug-likeness (QED) is 0.385. The molecule has 3 aromatic rings. The fourth-order valence-corrected chi connectivity index (χ4v) is 3.33. The Hall–Kier alpha value is -2.99. The number of nitrogen functional groups attached to an aromatic ring is 1. The maximum atomic E-state index is 11.7. The molecule has 0 aliphatic heterocycles. The average Bonchev–Trinajstić information content (AvgIpc) is 2.61. The van der Waals surface area contributed by atoms with Crippen molar-refractivity contribution in [2.45, 2.75) is 4.90 Å². The number of benzene rings is 3. The third-order valence-corrected chi connectivity index (χ3v) is 4.78. The van der Waals surface area contributed by atoms with Crippen molar-refractivity contribution in [3.63, 3.8) is 0 Å². The van der Waals surface area contributed by atoms with Gasteiger partial charge in [0.05, 0.1) is 11.3 Å². The third kappa shape index (κ3) is 3.36. The fourth-order valence-electron chi connectivity index (χ4n) is 2.44. The van der Waals surface area contributed by atoms with E-state index in [1.54, 1.807) is 24.3 Å². The molecule has 26 heavy (non-hydrogen) atoms. The molecule has 0 aliphatic carbocycles. The van der Waals surface area contributed by atoms with Gasteiger partial charge in [-0.15, -0.1) is 10.2 Å². The highest BCUT2D eigenvalue weighted by molar-refractivity contribution is 7.86. The van der Waals surface area contributed by atoms with Crippen molar-refractivity contribution in [2.24, 2.45) is 10.2 Å². The first kappa shape index (κ1) is 17.8. The third-order valence-electron chi connectivity index (χ3n) is 3.65. The SMILES string of the molecule is N#Cc1cc(Cl)ccc1/N=N/c1cc(S(=O)(=O)O)c2ccccc2c1N. The van der Waals surface area contributed by atoms with E-state index in [2.05, 4.69) is 10.2 Å². The molecule has 3 aromatic carbocycles. The zero-order valence-electron chi connectivity index (χ0n) is 13.1. The number of nitrogens with zero attached hydrogens (tertiary/aromatic N) is 3. The number of hydrogen-bond acceptors (Lipinski definition) is 6. The van der Waals surface area contributed by atoms with Gasteiger partial charge in [0.25, 0.3) is 10.1 Å². The molecule has 130 valence electrons. The summed E-state index contributed by atoms with van der Waals surface area (Å²) in [6.07, 6.45) is 0. The lowest BCUT2D eigenvalue weighted by Crippen LogP contribution is -2.01. The summed E-state index contributed by atoms with van der Waals surface area (Å²) in [5.41, 5.74) is 6.78. The van der Waals surface area contributed by atoms with Gasteiger partial charge < -0.3 is 5.73 Å². The first-order valence-corrected chi connectivity index (χ1v) is 9.03. The highest BCUT2D eigenvalue weighted by Gasteiger charge is 2.18. The first-order valence-electron chi connectivity index (χ1n) is 7.21. The van der Waals surface area contributed by atoms with Crippen LogP contribution in [0.4, 0.5) is 17.1 Å². The van der Waals surface area contributed by atoms with Crippen LogP contribution in [-0.4, -0.2) is 13.0 Å². The van der Waals surface area contributed by atoms with Crippen LogP contribution in [0.3, 0.4) is 0 Å². The number of fused-ring (bicyclic) bond motifs is 1. The van der Waals surface area contributed by atoms with Crippen molar-refractivity contribution in [1.29, 1.82) is 5.26 Å². The van der Waals surface area contributed by atoms with Crippen LogP contribution in [-0.2, 0) is 10.1 Å². The lowest BCUT2D eigenvalue weighted by atomic mass is 10.1.